The van der Waals surface area contributed by atoms with Crippen LogP contribution in [0.25, 0.3) is 0 Å². The Labute approximate surface area is 148 Å². The lowest BCUT2D eigenvalue weighted by Gasteiger charge is -2.35. The molecule has 0 saturated carbocycles. The molecule has 0 aromatic carbocycles. The standard InChI is InChI=1S/C17H26N6O2/c1-3-20-4-6-23(7-5-20)17(25)15-12-16(19-13-18-15)22-10-8-21(9-11-22)14(2)24/h12-13H,3-11H2,1-2H3. The fourth-order valence-corrected chi connectivity index (χ4v) is 3.32. The molecule has 2 aliphatic heterocycles. The summed E-state index contributed by atoms with van der Waals surface area (Å²) in [5.41, 5.74) is 0.448. The summed E-state index contributed by atoms with van der Waals surface area (Å²) in [6.07, 6.45) is 1.46. The zero-order chi connectivity index (χ0) is 17.8. The molecule has 2 amide bonds. The maximum atomic E-state index is 12.7. The van der Waals surface area contributed by atoms with Crippen LogP contribution in [0.3, 0.4) is 0 Å². The molecule has 0 N–H and O–H groups in total. The number of aromatic nitrogens is 2. The normalized spacial score (nSPS) is 19.2. The van der Waals surface area contributed by atoms with E-state index in [2.05, 4.69) is 26.7 Å². The van der Waals surface area contributed by atoms with Crippen LogP contribution in [0.15, 0.2) is 12.4 Å². The second kappa shape index (κ2) is 7.77. The van der Waals surface area contributed by atoms with Crippen molar-refractivity contribution in [3.8, 4) is 0 Å². The van der Waals surface area contributed by atoms with Gasteiger partial charge in [0.1, 0.15) is 17.8 Å². The van der Waals surface area contributed by atoms with Crippen LogP contribution in [0.4, 0.5) is 5.82 Å². The maximum Gasteiger partial charge on any atom is 0.272 e. The summed E-state index contributed by atoms with van der Waals surface area (Å²) < 4.78 is 0. The third kappa shape index (κ3) is 4.07. The van der Waals surface area contributed by atoms with E-state index in [1.165, 1.54) is 6.33 Å². The van der Waals surface area contributed by atoms with Gasteiger partial charge in [-0.15, -0.1) is 0 Å². The molecular formula is C17H26N6O2. The first-order chi connectivity index (χ1) is 12.1. The van der Waals surface area contributed by atoms with Crippen molar-refractivity contribution in [3.05, 3.63) is 18.1 Å². The topological polar surface area (TPSA) is 72.9 Å². The first kappa shape index (κ1) is 17.6. The van der Waals surface area contributed by atoms with Crippen molar-refractivity contribution in [2.24, 2.45) is 0 Å². The molecule has 136 valence electrons. The van der Waals surface area contributed by atoms with Crippen molar-refractivity contribution in [2.75, 3.05) is 63.8 Å². The fraction of sp³-hybridized carbons (Fsp3) is 0.647. The van der Waals surface area contributed by atoms with E-state index in [0.717, 1.165) is 51.6 Å². The Morgan fingerprint density at radius 3 is 2.20 bits per heavy atom. The van der Waals surface area contributed by atoms with E-state index in [9.17, 15) is 9.59 Å². The van der Waals surface area contributed by atoms with Gasteiger partial charge in [-0.05, 0) is 6.54 Å². The number of rotatable bonds is 3. The van der Waals surface area contributed by atoms with Crippen molar-refractivity contribution < 1.29 is 9.59 Å². The average molecular weight is 346 g/mol. The summed E-state index contributed by atoms with van der Waals surface area (Å²) in [6, 6.07) is 1.78. The molecule has 8 nitrogen and oxygen atoms in total. The summed E-state index contributed by atoms with van der Waals surface area (Å²) in [5, 5.41) is 0. The Morgan fingerprint density at radius 2 is 1.60 bits per heavy atom. The highest BCUT2D eigenvalue weighted by Gasteiger charge is 2.24. The number of piperazine rings is 2. The number of likely N-dealkylation sites (N-methyl/N-ethyl adjacent to an activating group) is 1. The molecule has 0 atom stereocenters. The monoisotopic (exact) mass is 346 g/mol. The number of hydrogen-bond acceptors (Lipinski definition) is 6. The highest BCUT2D eigenvalue weighted by molar-refractivity contribution is 5.93. The third-order valence-corrected chi connectivity index (χ3v) is 5.03. The molecule has 2 saturated heterocycles. The van der Waals surface area contributed by atoms with Gasteiger partial charge in [0.2, 0.25) is 5.91 Å². The molecule has 1 aromatic rings. The van der Waals surface area contributed by atoms with Crippen molar-refractivity contribution in [2.45, 2.75) is 13.8 Å². The van der Waals surface area contributed by atoms with Crippen LogP contribution >= 0.6 is 0 Å². The lowest BCUT2D eigenvalue weighted by Crippen LogP contribution is -2.49. The Hall–Kier alpha value is -2.22. The molecule has 25 heavy (non-hydrogen) atoms. The zero-order valence-corrected chi connectivity index (χ0v) is 15.0. The van der Waals surface area contributed by atoms with Gasteiger partial charge in [-0.2, -0.15) is 0 Å². The van der Waals surface area contributed by atoms with Gasteiger partial charge in [0, 0.05) is 65.3 Å². The van der Waals surface area contributed by atoms with Crippen LogP contribution in [0.2, 0.25) is 0 Å². The first-order valence-corrected chi connectivity index (χ1v) is 8.92. The molecule has 0 aliphatic carbocycles. The highest BCUT2D eigenvalue weighted by atomic mass is 16.2. The van der Waals surface area contributed by atoms with Gasteiger partial charge in [0.05, 0.1) is 0 Å². The number of carbonyl (C=O) groups is 2. The molecule has 2 aliphatic rings. The van der Waals surface area contributed by atoms with E-state index in [0.29, 0.717) is 18.8 Å². The van der Waals surface area contributed by atoms with Crippen LogP contribution in [0.5, 0.6) is 0 Å². The van der Waals surface area contributed by atoms with Crippen molar-refractivity contribution >= 4 is 17.6 Å². The highest BCUT2D eigenvalue weighted by Crippen LogP contribution is 2.16. The average Bonchev–Trinajstić information content (AvgIpc) is 2.67. The molecule has 3 rings (SSSR count). The van der Waals surface area contributed by atoms with Gasteiger partial charge in [0.15, 0.2) is 0 Å². The third-order valence-electron chi connectivity index (χ3n) is 5.03. The van der Waals surface area contributed by atoms with Gasteiger partial charge < -0.3 is 19.6 Å². The van der Waals surface area contributed by atoms with Crippen LogP contribution in [-0.4, -0.2) is 95.4 Å². The number of amides is 2. The van der Waals surface area contributed by atoms with E-state index in [-0.39, 0.29) is 11.8 Å². The molecule has 0 radical (unpaired) electrons. The summed E-state index contributed by atoms with van der Waals surface area (Å²) in [5.74, 6) is 0.833. The molecular weight excluding hydrogens is 320 g/mol. The van der Waals surface area contributed by atoms with Crippen molar-refractivity contribution in [1.82, 2.24) is 24.7 Å². The van der Waals surface area contributed by atoms with Crippen LogP contribution in [0, 0.1) is 0 Å². The number of nitrogens with zero attached hydrogens (tertiary/aromatic N) is 6. The van der Waals surface area contributed by atoms with Crippen LogP contribution in [0.1, 0.15) is 24.3 Å². The van der Waals surface area contributed by atoms with Gasteiger partial charge >= 0.3 is 0 Å². The maximum absolute atomic E-state index is 12.7. The Bertz CT molecular complexity index is 621. The van der Waals surface area contributed by atoms with E-state index in [1.54, 1.807) is 13.0 Å². The number of hydrogen-bond donors (Lipinski definition) is 0. The zero-order valence-electron chi connectivity index (χ0n) is 15.0. The summed E-state index contributed by atoms with van der Waals surface area (Å²) >= 11 is 0. The lowest BCUT2D eigenvalue weighted by molar-refractivity contribution is -0.129. The SMILES string of the molecule is CCN1CCN(C(=O)c2cc(N3CCN(C(C)=O)CC3)ncn2)CC1. The Kier molecular flexibility index (Phi) is 5.47. The Balaban J connectivity index is 1.64. The van der Waals surface area contributed by atoms with E-state index >= 15 is 0 Å². The summed E-state index contributed by atoms with van der Waals surface area (Å²) in [7, 11) is 0. The summed E-state index contributed by atoms with van der Waals surface area (Å²) in [6.45, 7) is 10.9. The van der Waals surface area contributed by atoms with Gasteiger partial charge in [-0.25, -0.2) is 9.97 Å². The van der Waals surface area contributed by atoms with E-state index in [1.807, 2.05) is 9.80 Å². The molecule has 3 heterocycles. The smallest absolute Gasteiger partial charge is 0.272 e. The second-order valence-corrected chi connectivity index (χ2v) is 6.48. The largest absolute Gasteiger partial charge is 0.353 e. The minimum atomic E-state index is -0.0261. The molecule has 0 spiro atoms. The predicted molar refractivity (Wildman–Crippen MR) is 94.5 cm³/mol. The summed E-state index contributed by atoms with van der Waals surface area (Å²) in [4.78, 5) is 40.8. The Morgan fingerprint density at radius 1 is 0.960 bits per heavy atom. The number of anilines is 1. The minimum absolute atomic E-state index is 0.0261. The first-order valence-electron chi connectivity index (χ1n) is 8.92. The van der Waals surface area contributed by atoms with Gasteiger partial charge in [0.25, 0.3) is 5.91 Å². The molecule has 1 aromatic heterocycles. The predicted octanol–water partition coefficient (Wildman–Crippen LogP) is -0.0772. The lowest BCUT2D eigenvalue weighted by atomic mass is 10.2. The van der Waals surface area contributed by atoms with E-state index in [4.69, 9.17) is 0 Å². The molecule has 0 bridgehead atoms. The minimum Gasteiger partial charge on any atom is -0.353 e. The van der Waals surface area contributed by atoms with Crippen molar-refractivity contribution in [3.63, 3.8) is 0 Å². The second-order valence-electron chi connectivity index (χ2n) is 6.48. The number of carbonyl (C=O) groups excluding carboxylic acids is 2. The van der Waals surface area contributed by atoms with Gasteiger partial charge in [-0.3, -0.25) is 9.59 Å². The quantitative estimate of drug-likeness (QED) is 0.762. The van der Waals surface area contributed by atoms with Crippen molar-refractivity contribution in [1.29, 1.82) is 0 Å². The molecule has 8 heteroatoms. The van der Waals surface area contributed by atoms with E-state index < -0.39 is 0 Å². The molecule has 0 unspecified atom stereocenters. The van der Waals surface area contributed by atoms with Gasteiger partial charge in [-0.1, -0.05) is 6.92 Å². The fourth-order valence-electron chi connectivity index (χ4n) is 3.32. The molecule has 2 fully saturated rings. The van der Waals surface area contributed by atoms with Crippen LogP contribution < -0.4 is 4.90 Å². The van der Waals surface area contributed by atoms with Crippen LogP contribution in [-0.2, 0) is 4.79 Å².